The lowest BCUT2D eigenvalue weighted by molar-refractivity contribution is -0.119. The van der Waals surface area contributed by atoms with E-state index in [4.69, 9.17) is 4.74 Å². The summed E-state index contributed by atoms with van der Waals surface area (Å²) in [6, 6.07) is 3.86. The molecule has 0 spiro atoms. The summed E-state index contributed by atoms with van der Waals surface area (Å²) in [5, 5.41) is 12.2. The number of carbonyl (C=O) groups excluding carboxylic acids is 1. The molecule has 1 aromatic rings. The van der Waals surface area contributed by atoms with E-state index in [1.54, 1.807) is 0 Å². The number of hydrogen-bond donors (Lipinski definition) is 2. The molecule has 0 heterocycles. The average molecular weight is 227 g/mol. The van der Waals surface area contributed by atoms with Gasteiger partial charge < -0.3 is 15.2 Å². The maximum Gasteiger partial charge on any atom is 0.216 e. The number of halogens is 1. The number of methoxy groups -OCH3 is 1. The van der Waals surface area contributed by atoms with E-state index in [9.17, 15) is 14.3 Å². The molecule has 1 aromatic carbocycles. The molecule has 0 aliphatic rings. The van der Waals surface area contributed by atoms with Crippen molar-refractivity contribution in [1.82, 2.24) is 5.32 Å². The Kier molecular flexibility index (Phi) is 4.25. The van der Waals surface area contributed by atoms with Crippen molar-refractivity contribution in [3.8, 4) is 5.75 Å². The molecule has 5 heteroatoms. The molecule has 0 fully saturated rings. The molecule has 1 amide bonds. The van der Waals surface area contributed by atoms with Gasteiger partial charge in [0.05, 0.1) is 13.2 Å². The van der Waals surface area contributed by atoms with Gasteiger partial charge in [-0.25, -0.2) is 4.39 Å². The predicted molar refractivity (Wildman–Crippen MR) is 56.6 cm³/mol. The van der Waals surface area contributed by atoms with Gasteiger partial charge in [-0.15, -0.1) is 0 Å². The molecule has 0 aliphatic heterocycles. The Hall–Kier alpha value is -1.62. The number of ether oxygens (including phenoxy) is 1. The van der Waals surface area contributed by atoms with Crippen molar-refractivity contribution in [2.75, 3.05) is 13.7 Å². The predicted octanol–water partition coefficient (Wildman–Crippen LogP) is 1.00. The minimum absolute atomic E-state index is 0.0230. The van der Waals surface area contributed by atoms with Crippen molar-refractivity contribution in [3.05, 3.63) is 29.6 Å². The summed E-state index contributed by atoms with van der Waals surface area (Å²) in [5.41, 5.74) is 0.316. The zero-order valence-electron chi connectivity index (χ0n) is 9.16. The van der Waals surface area contributed by atoms with Crippen LogP contribution in [-0.4, -0.2) is 24.7 Å². The fourth-order valence-corrected chi connectivity index (χ4v) is 1.32. The second-order valence-corrected chi connectivity index (χ2v) is 3.34. The molecule has 0 bridgehead atoms. The summed E-state index contributed by atoms with van der Waals surface area (Å²) in [7, 11) is 1.43. The summed E-state index contributed by atoms with van der Waals surface area (Å²) in [4.78, 5) is 10.7. The third-order valence-electron chi connectivity index (χ3n) is 2.10. The molecule has 1 atom stereocenters. The molecule has 0 aliphatic carbocycles. The van der Waals surface area contributed by atoms with Crippen LogP contribution in [0, 0.1) is 5.82 Å². The van der Waals surface area contributed by atoms with Crippen molar-refractivity contribution in [2.24, 2.45) is 0 Å². The van der Waals surface area contributed by atoms with Crippen molar-refractivity contribution < 1.29 is 19.0 Å². The van der Waals surface area contributed by atoms with Gasteiger partial charge in [-0.2, -0.15) is 0 Å². The van der Waals surface area contributed by atoms with E-state index in [0.717, 1.165) is 0 Å². The highest BCUT2D eigenvalue weighted by Crippen LogP contribution is 2.25. The first-order valence-electron chi connectivity index (χ1n) is 4.80. The third-order valence-corrected chi connectivity index (χ3v) is 2.10. The number of amides is 1. The Labute approximate surface area is 93.0 Å². The molecular formula is C11H14FNO3. The third kappa shape index (κ3) is 3.20. The smallest absolute Gasteiger partial charge is 0.216 e. The van der Waals surface area contributed by atoms with Crippen molar-refractivity contribution in [2.45, 2.75) is 13.0 Å². The second-order valence-electron chi connectivity index (χ2n) is 3.34. The standard InChI is InChI=1S/C11H14FNO3/c1-7(14)13-6-10(15)9-5-8(12)3-4-11(9)16-2/h3-5,10,15H,6H2,1-2H3,(H,13,14). The fraction of sp³-hybridized carbons (Fsp3) is 0.364. The van der Waals surface area contributed by atoms with E-state index in [2.05, 4.69) is 5.32 Å². The number of rotatable bonds is 4. The van der Waals surface area contributed by atoms with Crippen LogP contribution in [0.2, 0.25) is 0 Å². The lowest BCUT2D eigenvalue weighted by Gasteiger charge is -2.14. The van der Waals surface area contributed by atoms with Gasteiger partial charge in [-0.1, -0.05) is 0 Å². The van der Waals surface area contributed by atoms with Gasteiger partial charge in [-0.3, -0.25) is 4.79 Å². The zero-order chi connectivity index (χ0) is 12.1. The van der Waals surface area contributed by atoms with Gasteiger partial charge in [0.25, 0.3) is 0 Å². The molecule has 0 aromatic heterocycles. The molecule has 4 nitrogen and oxygen atoms in total. The van der Waals surface area contributed by atoms with Crippen LogP contribution >= 0.6 is 0 Å². The Morgan fingerprint density at radius 1 is 1.62 bits per heavy atom. The van der Waals surface area contributed by atoms with Crippen LogP contribution in [0.4, 0.5) is 4.39 Å². The summed E-state index contributed by atoms with van der Waals surface area (Å²) >= 11 is 0. The molecule has 0 radical (unpaired) electrons. The number of hydrogen-bond acceptors (Lipinski definition) is 3. The van der Waals surface area contributed by atoms with Crippen LogP contribution in [0.5, 0.6) is 5.75 Å². The highest BCUT2D eigenvalue weighted by Gasteiger charge is 2.14. The van der Waals surface area contributed by atoms with Crippen LogP contribution in [-0.2, 0) is 4.79 Å². The number of nitrogens with one attached hydrogen (secondary N) is 1. The maximum absolute atomic E-state index is 13.0. The fourth-order valence-electron chi connectivity index (χ4n) is 1.32. The van der Waals surface area contributed by atoms with Gasteiger partial charge in [0, 0.05) is 19.0 Å². The number of carbonyl (C=O) groups is 1. The number of benzene rings is 1. The van der Waals surface area contributed by atoms with E-state index in [-0.39, 0.29) is 12.5 Å². The monoisotopic (exact) mass is 227 g/mol. The van der Waals surface area contributed by atoms with Crippen LogP contribution in [0.3, 0.4) is 0 Å². The van der Waals surface area contributed by atoms with Gasteiger partial charge in [0.15, 0.2) is 0 Å². The Bertz CT molecular complexity index is 381. The highest BCUT2D eigenvalue weighted by atomic mass is 19.1. The second kappa shape index (κ2) is 5.46. The first-order chi connectivity index (χ1) is 7.54. The minimum atomic E-state index is -0.991. The van der Waals surface area contributed by atoms with Gasteiger partial charge in [0.2, 0.25) is 5.91 Å². The van der Waals surface area contributed by atoms with E-state index in [1.165, 1.54) is 32.2 Å². The van der Waals surface area contributed by atoms with Crippen LogP contribution in [0.1, 0.15) is 18.6 Å². The topological polar surface area (TPSA) is 58.6 Å². The molecule has 0 saturated heterocycles. The largest absolute Gasteiger partial charge is 0.496 e. The van der Waals surface area contributed by atoms with E-state index >= 15 is 0 Å². The maximum atomic E-state index is 13.0. The van der Waals surface area contributed by atoms with Crippen molar-refractivity contribution in [3.63, 3.8) is 0 Å². The van der Waals surface area contributed by atoms with Crippen molar-refractivity contribution >= 4 is 5.91 Å². The first kappa shape index (κ1) is 12.4. The Morgan fingerprint density at radius 3 is 2.88 bits per heavy atom. The summed E-state index contributed by atoms with van der Waals surface area (Å²) in [6.07, 6.45) is -0.991. The van der Waals surface area contributed by atoms with Gasteiger partial charge in [0.1, 0.15) is 11.6 Å². The molecule has 1 unspecified atom stereocenters. The SMILES string of the molecule is COc1ccc(F)cc1C(O)CNC(C)=O. The summed E-state index contributed by atoms with van der Waals surface area (Å²) in [5.74, 6) is -0.327. The lowest BCUT2D eigenvalue weighted by Crippen LogP contribution is -2.26. The molecule has 0 saturated carbocycles. The molecular weight excluding hydrogens is 213 g/mol. The average Bonchev–Trinajstić information content (AvgIpc) is 2.25. The highest BCUT2D eigenvalue weighted by molar-refractivity contribution is 5.72. The van der Waals surface area contributed by atoms with E-state index < -0.39 is 11.9 Å². The van der Waals surface area contributed by atoms with Crippen LogP contribution in [0.15, 0.2) is 18.2 Å². The quantitative estimate of drug-likeness (QED) is 0.806. The van der Waals surface area contributed by atoms with E-state index in [0.29, 0.717) is 11.3 Å². The zero-order valence-corrected chi connectivity index (χ0v) is 9.16. The molecule has 88 valence electrons. The Morgan fingerprint density at radius 2 is 2.31 bits per heavy atom. The van der Waals surface area contributed by atoms with Crippen LogP contribution < -0.4 is 10.1 Å². The normalized spacial score (nSPS) is 12.0. The summed E-state index contributed by atoms with van der Waals surface area (Å²) < 4.78 is 18.0. The number of aliphatic hydroxyl groups excluding tert-OH is 1. The van der Waals surface area contributed by atoms with E-state index in [1.807, 2.05) is 0 Å². The van der Waals surface area contributed by atoms with Crippen LogP contribution in [0.25, 0.3) is 0 Å². The Balaban J connectivity index is 2.84. The molecule has 1 rings (SSSR count). The van der Waals surface area contributed by atoms with Crippen molar-refractivity contribution in [1.29, 1.82) is 0 Å². The molecule has 2 N–H and O–H groups in total. The first-order valence-corrected chi connectivity index (χ1v) is 4.80. The number of aliphatic hydroxyl groups is 1. The van der Waals surface area contributed by atoms with Gasteiger partial charge >= 0.3 is 0 Å². The lowest BCUT2D eigenvalue weighted by atomic mass is 10.1. The molecule has 16 heavy (non-hydrogen) atoms. The summed E-state index contributed by atoms with van der Waals surface area (Å²) in [6.45, 7) is 1.37. The van der Waals surface area contributed by atoms with Gasteiger partial charge in [-0.05, 0) is 18.2 Å². The minimum Gasteiger partial charge on any atom is -0.496 e.